The van der Waals surface area contributed by atoms with E-state index in [0.717, 1.165) is 12.8 Å². The van der Waals surface area contributed by atoms with Gasteiger partial charge in [-0.15, -0.1) is 0 Å². The molecule has 8 aliphatic carbocycles. The second-order valence-electron chi connectivity index (χ2n) is 10.3. The number of aliphatic hydroxyl groups is 1. The molecular weight excluding hydrogens is 316 g/mol. The van der Waals surface area contributed by atoms with E-state index in [-0.39, 0.29) is 17.5 Å². The smallest absolute Gasteiger partial charge is 0.313 e. The summed E-state index contributed by atoms with van der Waals surface area (Å²) in [6, 6.07) is 0. The number of carbonyl (C=O) groups is 1. The zero-order valence-corrected chi connectivity index (χ0v) is 14.4. The zero-order chi connectivity index (χ0) is 16.5. The highest BCUT2D eigenvalue weighted by atomic mass is 16.6. The average Bonchev–Trinajstić information content (AvgIpc) is 3.36. The molecule has 1 heterocycles. The summed E-state index contributed by atoms with van der Waals surface area (Å²) in [5.74, 6) is 5.55. The Bertz CT molecular complexity index is 772. The van der Waals surface area contributed by atoms with Crippen LogP contribution < -0.4 is 0 Å². The van der Waals surface area contributed by atoms with E-state index in [4.69, 9.17) is 9.47 Å². The maximum Gasteiger partial charge on any atom is 0.313 e. The highest BCUT2D eigenvalue weighted by Crippen LogP contribution is 2.98. The van der Waals surface area contributed by atoms with Gasteiger partial charge in [0.05, 0.1) is 18.6 Å². The second-order valence-corrected chi connectivity index (χ2v) is 10.3. The summed E-state index contributed by atoms with van der Waals surface area (Å²) in [6.45, 7) is 0. The number of allylic oxidation sites excluding steroid dienone is 2. The molecule has 1 saturated heterocycles. The van der Waals surface area contributed by atoms with E-state index in [1.165, 1.54) is 6.42 Å². The molecule has 14 unspecified atom stereocenters. The average molecular weight is 340 g/mol. The molecule has 8 fully saturated rings. The van der Waals surface area contributed by atoms with E-state index in [1.54, 1.807) is 7.11 Å². The molecule has 7 saturated carbocycles. The minimum atomic E-state index is -0.758. The van der Waals surface area contributed by atoms with Crippen molar-refractivity contribution in [1.29, 1.82) is 0 Å². The van der Waals surface area contributed by atoms with Crippen LogP contribution in [-0.2, 0) is 14.3 Å². The van der Waals surface area contributed by atoms with Crippen molar-refractivity contribution in [1.82, 2.24) is 0 Å². The van der Waals surface area contributed by atoms with E-state index in [9.17, 15) is 9.90 Å². The molecule has 0 amide bonds. The third kappa shape index (κ3) is 0.867. The molecule has 9 aliphatic rings. The zero-order valence-electron chi connectivity index (χ0n) is 14.4. The number of hydrogen-bond acceptors (Lipinski definition) is 4. The van der Waals surface area contributed by atoms with Gasteiger partial charge in [-0.1, -0.05) is 12.2 Å². The molecule has 0 aromatic rings. The lowest BCUT2D eigenvalue weighted by atomic mass is 9.42. The molecule has 0 aromatic carbocycles. The standard InChI is InChI=1S/C21H24O4/c1-24-18(22)20-14-7-3-2-4-8(7)15-12(14)13-16(20)9-5-6-10-11(9)17(13)21(15,20)19(23)25-10/h2-3,7-17,19,23H,4-6H2,1H3. The first-order valence-corrected chi connectivity index (χ1v) is 10.3. The molecule has 0 aromatic heterocycles. The lowest BCUT2D eigenvalue weighted by Gasteiger charge is -2.63. The highest BCUT2D eigenvalue weighted by molar-refractivity contribution is 5.84. The summed E-state index contributed by atoms with van der Waals surface area (Å²) < 4.78 is 11.8. The molecule has 0 radical (unpaired) electrons. The largest absolute Gasteiger partial charge is 0.469 e. The molecular formula is C21H24O4. The van der Waals surface area contributed by atoms with Crippen molar-refractivity contribution in [3.05, 3.63) is 12.2 Å². The topological polar surface area (TPSA) is 55.8 Å². The second kappa shape index (κ2) is 3.47. The molecule has 9 rings (SSSR count). The number of ether oxygens (including phenoxy) is 2. The first-order chi connectivity index (χ1) is 12.2. The first kappa shape index (κ1) is 13.3. The van der Waals surface area contributed by atoms with E-state index < -0.39 is 11.7 Å². The first-order valence-electron chi connectivity index (χ1n) is 10.3. The molecule has 132 valence electrons. The summed E-state index contributed by atoms with van der Waals surface area (Å²) in [7, 11) is 1.56. The maximum atomic E-state index is 13.5. The van der Waals surface area contributed by atoms with Gasteiger partial charge in [0.1, 0.15) is 0 Å². The number of rotatable bonds is 1. The number of aliphatic hydroxyl groups excluding tert-OH is 1. The summed E-state index contributed by atoms with van der Waals surface area (Å²) in [6.07, 6.45) is 7.61. The van der Waals surface area contributed by atoms with Gasteiger partial charge in [0.2, 0.25) is 0 Å². The Labute approximate surface area is 146 Å². The fourth-order valence-electron chi connectivity index (χ4n) is 11.6. The Balaban J connectivity index is 1.48. The monoisotopic (exact) mass is 340 g/mol. The predicted molar refractivity (Wildman–Crippen MR) is 85.7 cm³/mol. The van der Waals surface area contributed by atoms with Gasteiger partial charge >= 0.3 is 5.97 Å². The third-order valence-corrected chi connectivity index (χ3v) is 10.9. The van der Waals surface area contributed by atoms with Crippen LogP contribution in [0.2, 0.25) is 0 Å². The molecule has 14 atom stereocenters. The minimum absolute atomic E-state index is 0.00907. The van der Waals surface area contributed by atoms with Crippen molar-refractivity contribution >= 4 is 5.97 Å². The van der Waals surface area contributed by atoms with Gasteiger partial charge in [-0.05, 0) is 78.4 Å². The molecule has 1 aliphatic heterocycles. The van der Waals surface area contributed by atoms with Crippen molar-refractivity contribution < 1.29 is 19.4 Å². The fourth-order valence-corrected chi connectivity index (χ4v) is 11.6. The Morgan fingerprint density at radius 1 is 1.12 bits per heavy atom. The van der Waals surface area contributed by atoms with Crippen LogP contribution >= 0.6 is 0 Å². The highest BCUT2D eigenvalue weighted by Gasteiger charge is 3.01. The fraction of sp³-hybridized carbons (Fsp3) is 0.857. The van der Waals surface area contributed by atoms with Crippen LogP contribution in [0.4, 0.5) is 0 Å². The number of carbonyl (C=O) groups excluding carboxylic acids is 1. The molecule has 1 spiro atoms. The minimum Gasteiger partial charge on any atom is -0.469 e. The normalized spacial score (nSPS) is 73.7. The Kier molecular flexibility index (Phi) is 1.85. The number of hydrogen-bond donors (Lipinski definition) is 1. The number of methoxy groups -OCH3 is 1. The van der Waals surface area contributed by atoms with Crippen molar-refractivity contribution in [2.45, 2.75) is 31.7 Å². The summed E-state index contributed by atoms with van der Waals surface area (Å²) in [5.41, 5.74) is -0.794. The van der Waals surface area contributed by atoms with Gasteiger partial charge in [-0.3, -0.25) is 4.79 Å². The lowest BCUT2D eigenvalue weighted by Crippen LogP contribution is -2.69. The van der Waals surface area contributed by atoms with Crippen molar-refractivity contribution in [2.24, 2.45) is 70.0 Å². The summed E-state index contributed by atoms with van der Waals surface area (Å²) >= 11 is 0. The Morgan fingerprint density at radius 2 is 1.96 bits per heavy atom. The molecule has 4 nitrogen and oxygen atoms in total. The van der Waals surface area contributed by atoms with Gasteiger partial charge in [0.15, 0.2) is 6.29 Å². The molecule has 25 heavy (non-hydrogen) atoms. The molecule has 4 heteroatoms. The lowest BCUT2D eigenvalue weighted by molar-refractivity contribution is -0.325. The van der Waals surface area contributed by atoms with E-state index in [0.29, 0.717) is 59.2 Å². The van der Waals surface area contributed by atoms with Crippen LogP contribution in [-0.4, -0.2) is 30.6 Å². The summed E-state index contributed by atoms with van der Waals surface area (Å²) in [5, 5.41) is 11.4. The van der Waals surface area contributed by atoms with Crippen LogP contribution in [0, 0.1) is 70.0 Å². The van der Waals surface area contributed by atoms with Crippen LogP contribution in [0.25, 0.3) is 0 Å². The SMILES string of the molecule is COC(=O)C12C3C4C=CCC4C4C3C3C1C1CCC5OC(O)C42C3C51. The van der Waals surface area contributed by atoms with Crippen LogP contribution in [0.3, 0.4) is 0 Å². The summed E-state index contributed by atoms with van der Waals surface area (Å²) in [4.78, 5) is 13.5. The molecule has 1 N–H and O–H groups in total. The van der Waals surface area contributed by atoms with Crippen LogP contribution in [0.5, 0.6) is 0 Å². The van der Waals surface area contributed by atoms with Gasteiger partial charge in [0.25, 0.3) is 0 Å². The molecule has 8 bridgehead atoms. The van der Waals surface area contributed by atoms with Crippen molar-refractivity contribution in [3.63, 3.8) is 0 Å². The van der Waals surface area contributed by atoms with E-state index in [2.05, 4.69) is 12.2 Å². The number of esters is 1. The Hall–Kier alpha value is -0.870. The third-order valence-electron chi connectivity index (χ3n) is 10.9. The Morgan fingerprint density at radius 3 is 2.80 bits per heavy atom. The quantitative estimate of drug-likeness (QED) is 0.584. The van der Waals surface area contributed by atoms with E-state index in [1.807, 2.05) is 0 Å². The van der Waals surface area contributed by atoms with Gasteiger partial charge in [-0.2, -0.15) is 0 Å². The van der Waals surface area contributed by atoms with Crippen molar-refractivity contribution in [2.75, 3.05) is 7.11 Å². The van der Waals surface area contributed by atoms with Gasteiger partial charge in [0, 0.05) is 5.41 Å². The maximum absolute atomic E-state index is 13.5. The van der Waals surface area contributed by atoms with E-state index >= 15 is 0 Å². The predicted octanol–water partition coefficient (Wildman–Crippen LogP) is 1.83. The number of fused-ring (bicyclic) bond motifs is 1. The van der Waals surface area contributed by atoms with Crippen LogP contribution in [0.15, 0.2) is 12.2 Å². The van der Waals surface area contributed by atoms with Crippen molar-refractivity contribution in [3.8, 4) is 0 Å². The van der Waals surface area contributed by atoms with Crippen LogP contribution in [0.1, 0.15) is 19.3 Å². The van der Waals surface area contributed by atoms with Gasteiger partial charge < -0.3 is 14.6 Å². The van der Waals surface area contributed by atoms with Gasteiger partial charge in [-0.25, -0.2) is 0 Å².